The molecule has 0 N–H and O–H groups in total. The van der Waals surface area contributed by atoms with Gasteiger partial charge in [-0.05, 0) is 35.9 Å². The van der Waals surface area contributed by atoms with Crippen molar-refractivity contribution >= 4 is 10.1 Å². The molecule has 0 saturated carbocycles. The second kappa shape index (κ2) is 8.99. The summed E-state index contributed by atoms with van der Waals surface area (Å²) in [7, 11) is -3.85. The predicted molar refractivity (Wildman–Crippen MR) is 69.2 cm³/mol. The van der Waals surface area contributed by atoms with Gasteiger partial charge in [-0.1, -0.05) is 30.7 Å². The van der Waals surface area contributed by atoms with Gasteiger partial charge in [0.1, 0.15) is 0 Å². The standard InChI is InChI=1S/C8H11N.C4H9FO3S/c1-3-8-7(2)5-4-6-9-8;1-2-3-4-9(6,7)8-5/h4-6H,3H2,1-2H3;2-4H2,1H3. The largest absolute Gasteiger partial charge is 0.297 e. The third-order valence-electron chi connectivity index (χ3n) is 2.30. The second-order valence-corrected chi connectivity index (χ2v) is 5.45. The maximum Gasteiger partial charge on any atom is 0.297 e. The molecule has 18 heavy (non-hydrogen) atoms. The lowest BCUT2D eigenvalue weighted by Crippen LogP contribution is -2.04. The third-order valence-corrected chi connectivity index (χ3v) is 3.28. The van der Waals surface area contributed by atoms with Crippen molar-refractivity contribution in [2.24, 2.45) is 0 Å². The van der Waals surface area contributed by atoms with Crippen LogP contribution >= 0.6 is 0 Å². The average molecular weight is 277 g/mol. The fourth-order valence-corrected chi connectivity index (χ4v) is 1.95. The van der Waals surface area contributed by atoms with Crippen molar-refractivity contribution in [1.82, 2.24) is 4.98 Å². The number of pyridine rings is 1. The van der Waals surface area contributed by atoms with E-state index in [2.05, 4.69) is 29.3 Å². The fourth-order valence-electron chi connectivity index (χ4n) is 1.24. The van der Waals surface area contributed by atoms with Gasteiger partial charge in [-0.15, -0.1) is 0 Å². The first-order valence-electron chi connectivity index (χ1n) is 5.90. The lowest BCUT2D eigenvalue weighted by atomic mass is 10.2. The van der Waals surface area contributed by atoms with Crippen LogP contribution in [0.2, 0.25) is 0 Å². The maximum atomic E-state index is 11.0. The molecule has 1 aromatic heterocycles. The van der Waals surface area contributed by atoms with Crippen molar-refractivity contribution in [1.29, 1.82) is 0 Å². The van der Waals surface area contributed by atoms with Gasteiger partial charge < -0.3 is 0 Å². The Labute approximate surface area is 108 Å². The normalized spacial score (nSPS) is 10.7. The highest BCUT2D eigenvalue weighted by Gasteiger charge is 2.08. The molecule has 6 heteroatoms. The molecule has 1 heterocycles. The Hall–Kier alpha value is -1.01. The van der Waals surface area contributed by atoms with Gasteiger partial charge in [0.2, 0.25) is 0 Å². The van der Waals surface area contributed by atoms with Crippen LogP contribution in [0.1, 0.15) is 37.9 Å². The van der Waals surface area contributed by atoms with Gasteiger partial charge in [-0.25, -0.2) is 0 Å². The Morgan fingerprint density at radius 1 is 1.39 bits per heavy atom. The Morgan fingerprint density at radius 2 is 2.06 bits per heavy atom. The number of unbranched alkanes of at least 4 members (excludes halogenated alkanes) is 1. The van der Waals surface area contributed by atoms with E-state index in [1.165, 1.54) is 11.3 Å². The van der Waals surface area contributed by atoms with Crippen LogP contribution in [0.3, 0.4) is 0 Å². The van der Waals surface area contributed by atoms with E-state index in [1.807, 2.05) is 19.2 Å². The van der Waals surface area contributed by atoms with Crippen molar-refractivity contribution < 1.29 is 17.3 Å². The van der Waals surface area contributed by atoms with Crippen LogP contribution in [0.4, 0.5) is 4.53 Å². The monoisotopic (exact) mass is 277 g/mol. The topological polar surface area (TPSA) is 56.3 Å². The summed E-state index contributed by atoms with van der Waals surface area (Å²) in [6.45, 7) is 6.02. The van der Waals surface area contributed by atoms with Gasteiger partial charge in [0.25, 0.3) is 10.1 Å². The van der Waals surface area contributed by atoms with E-state index in [0.29, 0.717) is 12.8 Å². The number of rotatable bonds is 5. The van der Waals surface area contributed by atoms with E-state index in [-0.39, 0.29) is 5.75 Å². The van der Waals surface area contributed by atoms with Gasteiger partial charge in [0.15, 0.2) is 0 Å². The number of aryl methyl sites for hydroxylation is 2. The summed E-state index contributed by atoms with van der Waals surface area (Å²) >= 11 is 0. The summed E-state index contributed by atoms with van der Waals surface area (Å²) in [4.78, 5) is 4.20. The van der Waals surface area contributed by atoms with Gasteiger partial charge in [0.05, 0.1) is 5.75 Å². The number of hydrogen-bond donors (Lipinski definition) is 0. The summed E-state index contributed by atoms with van der Waals surface area (Å²) in [6, 6.07) is 4.06. The molecule has 1 aromatic rings. The molecule has 0 spiro atoms. The van der Waals surface area contributed by atoms with E-state index >= 15 is 0 Å². The number of hydrogen-bond acceptors (Lipinski definition) is 4. The first-order chi connectivity index (χ1) is 8.46. The zero-order valence-electron chi connectivity index (χ0n) is 11.0. The number of aromatic nitrogens is 1. The smallest absolute Gasteiger partial charge is 0.261 e. The van der Waals surface area contributed by atoms with Gasteiger partial charge >= 0.3 is 0 Å². The summed E-state index contributed by atoms with van der Waals surface area (Å²) < 4.78 is 34.0. The van der Waals surface area contributed by atoms with Crippen molar-refractivity contribution in [2.45, 2.75) is 40.0 Å². The number of halogens is 1. The fraction of sp³-hybridized carbons (Fsp3) is 0.583. The molecule has 0 fully saturated rings. The van der Waals surface area contributed by atoms with Gasteiger partial charge in [0, 0.05) is 11.9 Å². The Bertz CT molecular complexity index is 435. The molecule has 0 unspecified atom stereocenters. The van der Waals surface area contributed by atoms with Crippen molar-refractivity contribution in [2.75, 3.05) is 5.75 Å². The van der Waals surface area contributed by atoms with Crippen LogP contribution in [0.15, 0.2) is 18.3 Å². The molecule has 0 amide bonds. The Kier molecular flexibility index (Phi) is 8.49. The van der Waals surface area contributed by atoms with Crippen molar-refractivity contribution in [3.8, 4) is 0 Å². The predicted octanol–water partition coefficient (Wildman–Crippen LogP) is 2.97. The average Bonchev–Trinajstić information content (AvgIpc) is 2.38. The van der Waals surface area contributed by atoms with Crippen LogP contribution in [-0.4, -0.2) is 19.2 Å². The molecule has 0 radical (unpaired) electrons. The van der Waals surface area contributed by atoms with E-state index < -0.39 is 10.1 Å². The molecule has 0 aliphatic heterocycles. The molecule has 0 atom stereocenters. The molecule has 0 aromatic carbocycles. The third kappa shape index (κ3) is 7.34. The highest BCUT2D eigenvalue weighted by atomic mass is 32.2. The lowest BCUT2D eigenvalue weighted by molar-refractivity contribution is 0.00290. The molecule has 4 nitrogen and oxygen atoms in total. The molecule has 104 valence electrons. The molecule has 1 rings (SSSR count). The highest BCUT2D eigenvalue weighted by Crippen LogP contribution is 2.02. The zero-order chi connectivity index (χ0) is 14.0. The van der Waals surface area contributed by atoms with E-state index in [9.17, 15) is 12.9 Å². The van der Waals surface area contributed by atoms with Crippen molar-refractivity contribution in [3.63, 3.8) is 0 Å². The maximum absolute atomic E-state index is 11.0. The van der Waals surface area contributed by atoms with E-state index in [1.54, 1.807) is 0 Å². The molecular formula is C12H20FNO3S. The van der Waals surface area contributed by atoms with Crippen LogP contribution in [-0.2, 0) is 20.9 Å². The summed E-state index contributed by atoms with van der Waals surface area (Å²) in [5, 5.41) is 0. The minimum absolute atomic E-state index is 0.236. The van der Waals surface area contributed by atoms with Crippen LogP contribution in [0, 0.1) is 6.92 Å². The molecule has 0 saturated heterocycles. The van der Waals surface area contributed by atoms with Crippen LogP contribution in [0.25, 0.3) is 0 Å². The zero-order valence-corrected chi connectivity index (χ0v) is 11.8. The molecular weight excluding hydrogens is 257 g/mol. The van der Waals surface area contributed by atoms with Crippen LogP contribution in [0.5, 0.6) is 0 Å². The summed E-state index contributed by atoms with van der Waals surface area (Å²) in [6.07, 6.45) is 4.02. The molecule has 0 aliphatic rings. The summed E-state index contributed by atoms with van der Waals surface area (Å²) in [5.74, 6) is -0.236. The Balaban J connectivity index is 0.000000321. The minimum atomic E-state index is -3.85. The SMILES string of the molecule is CCCCS(=O)(=O)OF.CCc1ncccc1C. The first-order valence-corrected chi connectivity index (χ1v) is 7.48. The van der Waals surface area contributed by atoms with Gasteiger partial charge in [-0.2, -0.15) is 8.42 Å². The van der Waals surface area contributed by atoms with Gasteiger partial charge in [-0.3, -0.25) is 4.98 Å². The van der Waals surface area contributed by atoms with Crippen LogP contribution < -0.4 is 0 Å². The minimum Gasteiger partial charge on any atom is -0.261 e. The number of nitrogens with zero attached hydrogens (tertiary/aromatic N) is 1. The summed E-state index contributed by atoms with van der Waals surface area (Å²) in [5.41, 5.74) is 2.50. The molecule has 0 aliphatic carbocycles. The molecule has 0 bridgehead atoms. The first kappa shape index (κ1) is 17.0. The van der Waals surface area contributed by atoms with Crippen molar-refractivity contribution in [3.05, 3.63) is 29.6 Å². The highest BCUT2D eigenvalue weighted by molar-refractivity contribution is 7.86. The van der Waals surface area contributed by atoms with E-state index in [0.717, 1.165) is 6.42 Å². The lowest BCUT2D eigenvalue weighted by Gasteiger charge is -1.97. The quantitative estimate of drug-likeness (QED) is 0.830. The second-order valence-electron chi connectivity index (χ2n) is 3.80. The van der Waals surface area contributed by atoms with E-state index in [4.69, 9.17) is 0 Å². The Morgan fingerprint density at radius 3 is 2.44 bits per heavy atom.